The van der Waals surface area contributed by atoms with E-state index in [0.29, 0.717) is 11.7 Å². The molecule has 0 aliphatic heterocycles. The number of aliphatic hydroxyl groups excluding tert-OH is 1. The topological polar surface area (TPSA) is 65.0 Å². The summed E-state index contributed by atoms with van der Waals surface area (Å²) in [5.41, 5.74) is 1.35. The summed E-state index contributed by atoms with van der Waals surface area (Å²) >= 11 is 0. The van der Waals surface area contributed by atoms with Crippen molar-refractivity contribution < 1.29 is 23.5 Å². The van der Waals surface area contributed by atoms with Crippen LogP contribution in [0.1, 0.15) is 102 Å². The Morgan fingerprint density at radius 2 is 1.39 bits per heavy atom. The first-order valence-electron chi connectivity index (χ1n) is 16.7. The molecule has 0 saturated heterocycles. The van der Waals surface area contributed by atoms with Gasteiger partial charge in [-0.25, -0.2) is 4.79 Å². The third kappa shape index (κ3) is 13.4. The number of allylic oxidation sites excluding steroid dienone is 5. The van der Waals surface area contributed by atoms with E-state index in [1.54, 1.807) is 6.08 Å². The van der Waals surface area contributed by atoms with Crippen LogP contribution in [-0.4, -0.2) is 40.9 Å². The molecule has 0 aliphatic rings. The van der Waals surface area contributed by atoms with Crippen LogP contribution in [0.25, 0.3) is 0 Å². The van der Waals surface area contributed by atoms with E-state index in [-0.39, 0.29) is 45.6 Å². The van der Waals surface area contributed by atoms with Crippen LogP contribution in [0.5, 0.6) is 0 Å². The van der Waals surface area contributed by atoms with Gasteiger partial charge in [-0.15, -0.1) is 0 Å². The average Bonchev–Trinajstić information content (AvgIpc) is 2.86. The van der Waals surface area contributed by atoms with Gasteiger partial charge in [-0.05, 0) is 80.2 Å². The second kappa shape index (κ2) is 17.4. The molecule has 0 spiro atoms. The van der Waals surface area contributed by atoms with Crippen LogP contribution < -0.4 is 0 Å². The van der Waals surface area contributed by atoms with Gasteiger partial charge in [-0.1, -0.05) is 113 Å². The van der Waals surface area contributed by atoms with Gasteiger partial charge in [-0.3, -0.25) is 0 Å². The molecule has 1 N–H and O–H groups in total. The molecule has 5 nitrogen and oxygen atoms in total. The van der Waals surface area contributed by atoms with E-state index in [1.807, 2.05) is 12.2 Å². The number of hydrogen-bond donors (Lipinski definition) is 1. The fourth-order valence-corrected chi connectivity index (χ4v) is 7.22. The van der Waals surface area contributed by atoms with Crippen LogP contribution in [0.15, 0.2) is 48.0 Å². The van der Waals surface area contributed by atoms with Gasteiger partial charge in [0, 0.05) is 11.8 Å². The molecule has 0 fully saturated rings. The molecule has 0 bridgehead atoms. The molecule has 0 amide bonds. The van der Waals surface area contributed by atoms with Crippen molar-refractivity contribution >= 4 is 22.6 Å². The fourth-order valence-electron chi connectivity index (χ4n) is 5.07. The summed E-state index contributed by atoms with van der Waals surface area (Å²) in [6.07, 6.45) is 10.4. The Bertz CT molecular complexity index is 1010. The Morgan fingerprint density at radius 1 is 0.886 bits per heavy atom. The van der Waals surface area contributed by atoms with Crippen molar-refractivity contribution in [2.75, 3.05) is 7.11 Å². The highest BCUT2D eigenvalue weighted by atomic mass is 28.4. The van der Waals surface area contributed by atoms with Crippen molar-refractivity contribution in [1.29, 1.82) is 0 Å². The first-order valence-corrected chi connectivity index (χ1v) is 22.5. The number of aliphatic hydroxyl groups is 1. The second-order valence-corrected chi connectivity index (χ2v) is 26.0. The van der Waals surface area contributed by atoms with Gasteiger partial charge in [0.25, 0.3) is 8.32 Å². The molecule has 7 heteroatoms. The molecule has 0 heterocycles. The first-order chi connectivity index (χ1) is 19.8. The minimum absolute atomic E-state index is 0.0419. The predicted octanol–water partition coefficient (Wildman–Crippen LogP) is 10.8. The molecule has 6 atom stereocenters. The zero-order valence-corrected chi connectivity index (χ0v) is 33.7. The van der Waals surface area contributed by atoms with Crippen LogP contribution >= 0.6 is 0 Å². The monoisotopic (exact) mass is 650 g/mol. The quantitative estimate of drug-likeness (QED) is 0.0424. The highest BCUT2D eigenvalue weighted by Crippen LogP contribution is 2.43. The average molecular weight is 651 g/mol. The van der Waals surface area contributed by atoms with Gasteiger partial charge >= 0.3 is 5.97 Å². The summed E-state index contributed by atoms with van der Waals surface area (Å²) in [5, 5.41) is 10.7. The van der Waals surface area contributed by atoms with Crippen LogP contribution in [-0.2, 0) is 18.4 Å². The van der Waals surface area contributed by atoms with E-state index in [9.17, 15) is 9.90 Å². The summed E-state index contributed by atoms with van der Waals surface area (Å²) in [4.78, 5) is 13.3. The summed E-state index contributed by atoms with van der Waals surface area (Å²) in [7, 11) is -3.24. The lowest BCUT2D eigenvalue weighted by molar-refractivity contribution is -0.139. The minimum Gasteiger partial charge on any atom is -0.544 e. The van der Waals surface area contributed by atoms with E-state index in [0.717, 1.165) is 19.3 Å². The van der Waals surface area contributed by atoms with Gasteiger partial charge in [0.1, 0.15) is 5.76 Å². The summed E-state index contributed by atoms with van der Waals surface area (Å²) in [6, 6.07) is 0. The molecule has 0 aromatic rings. The fraction of sp³-hybridized carbons (Fsp3) is 0.757. The first kappa shape index (κ1) is 42.4. The number of rotatable bonds is 17. The molecule has 0 aliphatic carbocycles. The van der Waals surface area contributed by atoms with Gasteiger partial charge in [-0.2, -0.15) is 0 Å². The third-order valence-electron chi connectivity index (χ3n) is 9.79. The molecule has 0 aromatic carbocycles. The Morgan fingerprint density at radius 3 is 1.84 bits per heavy atom. The SMILES string of the molecule is C=CC=CC(C)[C@@H](O)C(C)CC(C)CC(C)=CC(C)CC(C)C(O[Si](C)(C)C(C)(C)C)=C(O[Si](C)(C)C(C)(C)C)C(=O)OC. The zero-order valence-electron chi connectivity index (χ0n) is 31.7. The van der Waals surface area contributed by atoms with Crippen molar-refractivity contribution in [3.63, 3.8) is 0 Å². The third-order valence-corrected chi connectivity index (χ3v) is 18.5. The highest BCUT2D eigenvalue weighted by Gasteiger charge is 2.45. The van der Waals surface area contributed by atoms with Crippen LogP contribution in [0.2, 0.25) is 36.3 Å². The molecule has 0 aromatic heterocycles. The van der Waals surface area contributed by atoms with Gasteiger partial charge in [0.15, 0.2) is 0 Å². The van der Waals surface area contributed by atoms with E-state index in [4.69, 9.17) is 13.6 Å². The van der Waals surface area contributed by atoms with Crippen LogP contribution in [0.3, 0.4) is 0 Å². The maximum atomic E-state index is 13.3. The van der Waals surface area contributed by atoms with E-state index in [1.165, 1.54) is 12.7 Å². The molecular formula is C37H70O5Si2. The van der Waals surface area contributed by atoms with Crippen molar-refractivity contribution in [2.24, 2.45) is 29.6 Å². The summed E-state index contributed by atoms with van der Waals surface area (Å²) in [5.74, 6) is 1.42. The maximum Gasteiger partial charge on any atom is 0.375 e. The van der Waals surface area contributed by atoms with Gasteiger partial charge in [0.05, 0.1) is 13.2 Å². The van der Waals surface area contributed by atoms with E-state index >= 15 is 0 Å². The molecule has 5 unspecified atom stereocenters. The lowest BCUT2D eigenvalue weighted by Crippen LogP contribution is -2.44. The Balaban J connectivity index is 6.18. The number of carbonyl (C=O) groups excluding carboxylic acids is 1. The molecule has 0 radical (unpaired) electrons. The lowest BCUT2D eigenvalue weighted by atomic mass is 9.84. The number of ether oxygens (including phenoxy) is 1. The molecule has 256 valence electrons. The number of hydrogen-bond acceptors (Lipinski definition) is 5. The van der Waals surface area contributed by atoms with Crippen molar-refractivity contribution in [2.45, 2.75) is 145 Å². The number of carbonyl (C=O) groups is 1. The molecule has 0 saturated carbocycles. The van der Waals surface area contributed by atoms with Crippen molar-refractivity contribution in [3.8, 4) is 0 Å². The maximum absolute atomic E-state index is 13.3. The standard InChI is InChI=1S/C37H70O5Si2/c1-19-20-21-29(5)32(38)30(6)24-27(3)22-26(2)23-28(4)25-31(7)33(41-43(15,16)36(8,9)10)34(35(39)40-14)42-44(17,18)37(11,12)13/h19-21,23,27-32,38H,1,22,24-25H2,2-18H3/t27?,28?,29?,30?,31?,32-/m1/s1. The number of methoxy groups -OCH3 is 1. The molecular weight excluding hydrogens is 581 g/mol. The van der Waals surface area contributed by atoms with Gasteiger partial charge in [0.2, 0.25) is 14.1 Å². The Labute approximate surface area is 274 Å². The van der Waals surface area contributed by atoms with Crippen molar-refractivity contribution in [3.05, 3.63) is 48.0 Å². The van der Waals surface area contributed by atoms with E-state index in [2.05, 4.69) is 122 Å². The molecule has 44 heavy (non-hydrogen) atoms. The summed E-state index contributed by atoms with van der Waals surface area (Å²) < 4.78 is 18.9. The van der Waals surface area contributed by atoms with Crippen LogP contribution in [0, 0.1) is 29.6 Å². The van der Waals surface area contributed by atoms with Crippen LogP contribution in [0.4, 0.5) is 0 Å². The minimum atomic E-state index is -2.36. The zero-order chi connectivity index (χ0) is 34.8. The lowest BCUT2D eigenvalue weighted by Gasteiger charge is -2.41. The Hall–Kier alpha value is -1.58. The predicted molar refractivity (Wildman–Crippen MR) is 194 cm³/mol. The Kier molecular flexibility index (Phi) is 16.7. The second-order valence-electron chi connectivity index (χ2n) is 16.5. The molecule has 0 rings (SSSR count). The van der Waals surface area contributed by atoms with Crippen molar-refractivity contribution in [1.82, 2.24) is 0 Å². The van der Waals surface area contributed by atoms with E-state index < -0.39 is 22.6 Å². The normalized spacial score (nSPS) is 18.5. The van der Waals surface area contributed by atoms with Gasteiger partial charge < -0.3 is 18.7 Å². The summed E-state index contributed by atoms with van der Waals surface area (Å²) in [6.45, 7) is 38.7. The highest BCUT2D eigenvalue weighted by molar-refractivity contribution is 6.75. The smallest absolute Gasteiger partial charge is 0.375 e. The largest absolute Gasteiger partial charge is 0.544 e. The number of esters is 1.